The Balaban J connectivity index is 0.00000108. The summed E-state index contributed by atoms with van der Waals surface area (Å²) in [5.41, 5.74) is 0. The summed E-state index contributed by atoms with van der Waals surface area (Å²) in [6.45, 7) is 7.57. The van der Waals surface area contributed by atoms with Gasteiger partial charge in [-0.3, -0.25) is 0 Å². The Hall–Kier alpha value is -0.870. The van der Waals surface area contributed by atoms with Gasteiger partial charge in [0.2, 0.25) is 5.95 Å². The van der Waals surface area contributed by atoms with Crippen molar-refractivity contribution in [2.45, 2.75) is 12.8 Å². The molecule has 1 spiro atoms. The van der Waals surface area contributed by atoms with Gasteiger partial charge in [-0.1, -0.05) is 0 Å². The molecular formula is C12H19ClN4. The Bertz CT molecular complexity index is 341. The highest BCUT2D eigenvalue weighted by atomic mass is 35.5. The first-order chi connectivity index (χ1) is 7.88. The van der Waals surface area contributed by atoms with E-state index in [2.05, 4.69) is 14.9 Å². The maximum atomic E-state index is 4.33. The van der Waals surface area contributed by atoms with E-state index in [1.165, 1.54) is 43.5 Å². The topological polar surface area (TPSA) is 29.0 Å². The third-order valence-electron chi connectivity index (χ3n) is 4.04. The minimum Gasteiger partial charge on any atom is -1.00 e. The van der Waals surface area contributed by atoms with E-state index < -0.39 is 0 Å². The van der Waals surface area contributed by atoms with E-state index >= 15 is 0 Å². The van der Waals surface area contributed by atoms with E-state index in [0.717, 1.165) is 19.0 Å². The van der Waals surface area contributed by atoms with Crippen molar-refractivity contribution in [1.82, 2.24) is 9.97 Å². The van der Waals surface area contributed by atoms with Gasteiger partial charge in [-0.05, 0) is 6.07 Å². The summed E-state index contributed by atoms with van der Waals surface area (Å²) < 4.78 is 1.35. The van der Waals surface area contributed by atoms with Crippen molar-refractivity contribution < 1.29 is 16.9 Å². The highest BCUT2D eigenvalue weighted by Crippen LogP contribution is 2.23. The van der Waals surface area contributed by atoms with Crippen molar-refractivity contribution in [3.8, 4) is 0 Å². The Morgan fingerprint density at radius 3 is 2.12 bits per heavy atom. The number of nitrogens with zero attached hydrogens (tertiary/aromatic N) is 4. The number of halogens is 1. The second-order valence-electron chi connectivity index (χ2n) is 4.98. The van der Waals surface area contributed by atoms with E-state index in [1.807, 2.05) is 18.5 Å². The molecule has 5 heteroatoms. The highest BCUT2D eigenvalue weighted by Gasteiger charge is 2.36. The summed E-state index contributed by atoms with van der Waals surface area (Å²) in [6.07, 6.45) is 6.50. The molecule has 2 saturated heterocycles. The molecule has 2 fully saturated rings. The second kappa shape index (κ2) is 5.19. The monoisotopic (exact) mass is 254 g/mol. The number of hydrogen-bond acceptors (Lipinski definition) is 3. The van der Waals surface area contributed by atoms with Gasteiger partial charge in [0.05, 0.1) is 39.3 Å². The van der Waals surface area contributed by atoms with E-state index in [-0.39, 0.29) is 12.4 Å². The number of quaternary nitrogens is 1. The molecule has 0 aliphatic carbocycles. The number of anilines is 1. The van der Waals surface area contributed by atoms with Crippen molar-refractivity contribution in [2.24, 2.45) is 0 Å². The Morgan fingerprint density at radius 2 is 1.53 bits per heavy atom. The lowest BCUT2D eigenvalue weighted by Gasteiger charge is -2.41. The van der Waals surface area contributed by atoms with Gasteiger partial charge in [-0.2, -0.15) is 0 Å². The number of aromatic nitrogens is 2. The Morgan fingerprint density at radius 1 is 0.941 bits per heavy atom. The van der Waals surface area contributed by atoms with Crippen molar-refractivity contribution >= 4 is 5.95 Å². The fraction of sp³-hybridized carbons (Fsp3) is 0.667. The molecule has 3 heterocycles. The van der Waals surface area contributed by atoms with Gasteiger partial charge >= 0.3 is 0 Å². The van der Waals surface area contributed by atoms with Crippen LogP contribution < -0.4 is 17.3 Å². The molecule has 0 amide bonds. The summed E-state index contributed by atoms with van der Waals surface area (Å²) >= 11 is 0. The smallest absolute Gasteiger partial charge is 0.225 e. The molecule has 0 saturated carbocycles. The molecule has 0 radical (unpaired) electrons. The normalized spacial score (nSPS) is 22.5. The predicted octanol–water partition coefficient (Wildman–Crippen LogP) is -2.09. The molecule has 4 nitrogen and oxygen atoms in total. The highest BCUT2D eigenvalue weighted by molar-refractivity contribution is 5.28. The van der Waals surface area contributed by atoms with Gasteiger partial charge in [0.15, 0.2) is 0 Å². The molecule has 0 atom stereocenters. The molecule has 0 bridgehead atoms. The van der Waals surface area contributed by atoms with Gasteiger partial charge in [-0.15, -0.1) is 0 Å². The predicted molar refractivity (Wildman–Crippen MR) is 63.2 cm³/mol. The van der Waals surface area contributed by atoms with Gasteiger partial charge in [0, 0.05) is 25.2 Å². The second-order valence-corrected chi connectivity index (χ2v) is 4.98. The fourth-order valence-electron chi connectivity index (χ4n) is 3.00. The number of rotatable bonds is 1. The fourth-order valence-corrected chi connectivity index (χ4v) is 3.00. The number of piperazine rings is 1. The van der Waals surface area contributed by atoms with Crippen LogP contribution in [0.3, 0.4) is 0 Å². The summed E-state index contributed by atoms with van der Waals surface area (Å²) in [5, 5.41) is 0. The van der Waals surface area contributed by atoms with Crippen LogP contribution in [-0.2, 0) is 0 Å². The average molecular weight is 255 g/mol. The lowest BCUT2D eigenvalue weighted by Crippen LogP contribution is -3.00. The van der Waals surface area contributed by atoms with E-state index in [0.29, 0.717) is 0 Å². The van der Waals surface area contributed by atoms with Crippen LogP contribution >= 0.6 is 0 Å². The van der Waals surface area contributed by atoms with Crippen LogP contribution in [0.15, 0.2) is 18.5 Å². The van der Waals surface area contributed by atoms with Crippen LogP contribution in [0.25, 0.3) is 0 Å². The van der Waals surface area contributed by atoms with Crippen molar-refractivity contribution in [1.29, 1.82) is 0 Å². The average Bonchev–Trinajstić information content (AvgIpc) is 2.80. The maximum Gasteiger partial charge on any atom is 0.225 e. The quantitative estimate of drug-likeness (QED) is 0.539. The van der Waals surface area contributed by atoms with E-state index in [4.69, 9.17) is 0 Å². The van der Waals surface area contributed by atoms with E-state index in [9.17, 15) is 0 Å². The molecule has 1 aromatic heterocycles. The Labute approximate surface area is 109 Å². The molecule has 17 heavy (non-hydrogen) atoms. The zero-order chi connectivity index (χ0) is 10.8. The molecule has 94 valence electrons. The van der Waals surface area contributed by atoms with Gasteiger partial charge in [0.1, 0.15) is 0 Å². The summed E-state index contributed by atoms with van der Waals surface area (Å²) in [6, 6.07) is 1.88. The minimum absolute atomic E-state index is 0. The molecule has 0 unspecified atom stereocenters. The first kappa shape index (κ1) is 12.6. The van der Waals surface area contributed by atoms with Crippen LogP contribution in [0, 0.1) is 0 Å². The summed E-state index contributed by atoms with van der Waals surface area (Å²) in [7, 11) is 0. The zero-order valence-electron chi connectivity index (χ0n) is 10.1. The van der Waals surface area contributed by atoms with Gasteiger partial charge in [-0.25, -0.2) is 9.97 Å². The van der Waals surface area contributed by atoms with Crippen LogP contribution in [-0.4, -0.2) is 53.7 Å². The lowest BCUT2D eigenvalue weighted by molar-refractivity contribution is -0.917. The van der Waals surface area contributed by atoms with Crippen molar-refractivity contribution in [2.75, 3.05) is 44.2 Å². The van der Waals surface area contributed by atoms with Crippen LogP contribution in [0.1, 0.15) is 12.8 Å². The maximum absolute atomic E-state index is 4.33. The minimum atomic E-state index is 0. The number of hydrogen-bond donors (Lipinski definition) is 0. The zero-order valence-corrected chi connectivity index (χ0v) is 10.8. The molecule has 0 aromatic carbocycles. The van der Waals surface area contributed by atoms with E-state index in [1.54, 1.807) is 0 Å². The van der Waals surface area contributed by atoms with Crippen molar-refractivity contribution in [3.63, 3.8) is 0 Å². The first-order valence-electron chi connectivity index (χ1n) is 6.25. The third kappa shape index (κ3) is 2.53. The van der Waals surface area contributed by atoms with Crippen LogP contribution in [0.5, 0.6) is 0 Å². The SMILES string of the molecule is [Cl-].c1cnc(N2CC[N+]3(CCCC3)CC2)nc1. The van der Waals surface area contributed by atoms with Crippen LogP contribution in [0.4, 0.5) is 5.95 Å². The molecule has 2 aliphatic heterocycles. The lowest BCUT2D eigenvalue weighted by atomic mass is 10.2. The molecule has 3 rings (SSSR count). The van der Waals surface area contributed by atoms with Crippen LogP contribution in [0.2, 0.25) is 0 Å². The largest absolute Gasteiger partial charge is 1.00 e. The van der Waals surface area contributed by atoms with Crippen molar-refractivity contribution in [3.05, 3.63) is 18.5 Å². The first-order valence-corrected chi connectivity index (χ1v) is 6.25. The summed E-state index contributed by atoms with van der Waals surface area (Å²) in [4.78, 5) is 11.0. The molecular weight excluding hydrogens is 236 g/mol. The summed E-state index contributed by atoms with van der Waals surface area (Å²) in [5.74, 6) is 0.902. The van der Waals surface area contributed by atoms with Gasteiger partial charge < -0.3 is 21.8 Å². The Kier molecular flexibility index (Phi) is 3.84. The molecule has 0 N–H and O–H groups in total. The molecule has 1 aromatic rings. The van der Waals surface area contributed by atoms with Gasteiger partial charge in [0.25, 0.3) is 0 Å². The molecule has 2 aliphatic rings. The standard InChI is InChI=1S/C12H19N4.ClH/c1-2-9-16(8-1)10-6-15(7-11-16)12-13-4-3-5-14-12;/h3-5H,1-2,6-11H2;1H/q+1;/p-1. The third-order valence-corrected chi connectivity index (χ3v) is 4.04.